The Balaban J connectivity index is 3.86. The van der Waals surface area contributed by atoms with Gasteiger partial charge in [0.1, 0.15) is 0 Å². The van der Waals surface area contributed by atoms with Crippen molar-refractivity contribution in [2.75, 3.05) is 23.0 Å². The molecule has 0 aromatic heterocycles. The summed E-state index contributed by atoms with van der Waals surface area (Å²) < 4.78 is 0. The molecule has 20 heavy (non-hydrogen) atoms. The Bertz CT molecular complexity index is 251. The lowest BCUT2D eigenvalue weighted by Gasteiger charge is -2.15. The van der Waals surface area contributed by atoms with Gasteiger partial charge < -0.3 is 0 Å². The molecule has 0 aromatic rings. The second-order valence-corrected chi connectivity index (χ2v) is 10.5. The molecule has 0 aliphatic heterocycles. The predicted octanol–water partition coefficient (Wildman–Crippen LogP) is 6.61. The molecule has 114 valence electrons. The highest BCUT2D eigenvalue weighted by molar-refractivity contribution is 8.76. The largest absolute Gasteiger partial charge is 0.134 e. The van der Waals surface area contributed by atoms with Crippen LogP contribution in [0.2, 0.25) is 0 Å². The van der Waals surface area contributed by atoms with Gasteiger partial charge in [-0.1, -0.05) is 47.9 Å². The minimum atomic E-state index is 0.612. The predicted molar refractivity (Wildman–Crippen MR) is 113 cm³/mol. The Morgan fingerprint density at radius 3 is 1.30 bits per heavy atom. The summed E-state index contributed by atoms with van der Waals surface area (Å²) in [6.45, 7) is 15.1. The van der Waals surface area contributed by atoms with E-state index in [4.69, 9.17) is 0 Å². The van der Waals surface area contributed by atoms with Gasteiger partial charge in [-0.15, -0.1) is 47.0 Å². The molecule has 0 amide bonds. The normalized spacial score (nSPS) is 13.4. The Morgan fingerprint density at radius 2 is 1.00 bits per heavy atom. The van der Waals surface area contributed by atoms with Gasteiger partial charge in [-0.05, 0) is 21.6 Å². The van der Waals surface area contributed by atoms with E-state index < -0.39 is 0 Å². The van der Waals surface area contributed by atoms with Crippen LogP contribution in [0.1, 0.15) is 0 Å². The van der Waals surface area contributed by atoms with E-state index >= 15 is 0 Å². The molecule has 0 saturated carbocycles. The molecular weight excluding hydrogens is 361 g/mol. The fraction of sp³-hybridized carbons (Fsp3) is 0.429. The van der Waals surface area contributed by atoms with Gasteiger partial charge in [0.05, 0.1) is 0 Å². The van der Waals surface area contributed by atoms with Crippen molar-refractivity contribution in [1.29, 1.82) is 0 Å². The first-order chi connectivity index (χ1) is 9.78. The molecule has 0 aliphatic carbocycles. The van der Waals surface area contributed by atoms with Crippen LogP contribution in [0.4, 0.5) is 0 Å². The van der Waals surface area contributed by atoms with Crippen molar-refractivity contribution in [1.82, 2.24) is 0 Å². The van der Waals surface area contributed by atoms with Crippen LogP contribution in [0.3, 0.4) is 0 Å². The first-order valence-electron chi connectivity index (χ1n) is 6.00. The fourth-order valence-electron chi connectivity index (χ4n) is 1.12. The summed E-state index contributed by atoms with van der Waals surface area (Å²) in [6, 6.07) is 0. The lowest BCUT2D eigenvalue weighted by molar-refractivity contribution is 1.16. The van der Waals surface area contributed by atoms with E-state index in [-0.39, 0.29) is 0 Å². The SMILES string of the molecule is C=CSCC(CSSCC(CSC=C)SC=C)SC=C. The molecule has 6 heteroatoms. The standard InChI is InChI=1S/C14H22S6/c1-5-15-9-13(17-7-3)11-19-20-12-14(18-8-4)10-16-6-2/h5-8,13-14H,1-4,9-12H2. The van der Waals surface area contributed by atoms with Crippen LogP contribution in [0, 0.1) is 0 Å². The summed E-state index contributed by atoms with van der Waals surface area (Å²) in [5.41, 5.74) is 0. The quantitative estimate of drug-likeness (QED) is 0.229. The maximum Gasteiger partial charge on any atom is 0.0281 e. The summed E-state index contributed by atoms with van der Waals surface area (Å²) in [4.78, 5) is 0. The third-order valence-corrected chi connectivity index (χ3v) is 8.85. The lowest BCUT2D eigenvalue weighted by Crippen LogP contribution is -2.10. The molecule has 0 heterocycles. The zero-order chi connectivity index (χ0) is 15.1. The van der Waals surface area contributed by atoms with Gasteiger partial charge in [0.2, 0.25) is 0 Å². The Hall–Kier alpha value is 1.06. The first-order valence-corrected chi connectivity index (χ1v) is 12.5. The molecule has 0 fully saturated rings. The molecule has 2 unspecified atom stereocenters. The van der Waals surface area contributed by atoms with Crippen molar-refractivity contribution in [3.63, 3.8) is 0 Å². The van der Waals surface area contributed by atoms with Crippen LogP contribution in [-0.4, -0.2) is 33.5 Å². The van der Waals surface area contributed by atoms with Crippen molar-refractivity contribution in [2.24, 2.45) is 0 Å². The van der Waals surface area contributed by atoms with E-state index in [2.05, 4.69) is 26.3 Å². The topological polar surface area (TPSA) is 0 Å². The van der Waals surface area contributed by atoms with Crippen LogP contribution < -0.4 is 0 Å². The average molecular weight is 383 g/mol. The van der Waals surface area contributed by atoms with E-state index in [1.807, 2.05) is 66.7 Å². The third-order valence-electron chi connectivity index (χ3n) is 1.97. The van der Waals surface area contributed by atoms with Gasteiger partial charge in [0.15, 0.2) is 0 Å². The summed E-state index contributed by atoms with van der Waals surface area (Å²) in [6.07, 6.45) is 0. The monoisotopic (exact) mass is 382 g/mol. The number of thioether (sulfide) groups is 4. The summed E-state index contributed by atoms with van der Waals surface area (Å²) in [5, 5.41) is 8.94. The molecule has 2 atom stereocenters. The molecule has 0 nitrogen and oxygen atoms in total. The smallest absolute Gasteiger partial charge is 0.0281 e. The van der Waals surface area contributed by atoms with Gasteiger partial charge in [-0.25, -0.2) is 0 Å². The van der Waals surface area contributed by atoms with Gasteiger partial charge in [0.25, 0.3) is 0 Å². The lowest BCUT2D eigenvalue weighted by atomic mass is 10.5. The van der Waals surface area contributed by atoms with Crippen molar-refractivity contribution in [3.05, 3.63) is 47.9 Å². The van der Waals surface area contributed by atoms with Gasteiger partial charge in [0, 0.05) is 33.5 Å². The highest BCUT2D eigenvalue weighted by atomic mass is 33.1. The van der Waals surface area contributed by atoms with Gasteiger partial charge in [-0.2, -0.15) is 0 Å². The number of hydrogen-bond donors (Lipinski definition) is 0. The fourth-order valence-corrected chi connectivity index (χ4v) is 7.85. The zero-order valence-corrected chi connectivity index (χ0v) is 16.5. The van der Waals surface area contributed by atoms with Crippen LogP contribution in [0.25, 0.3) is 0 Å². The molecule has 0 aromatic carbocycles. The third kappa shape index (κ3) is 12.8. The molecule has 0 aliphatic rings. The molecule has 0 rings (SSSR count). The molecule has 0 bridgehead atoms. The minimum absolute atomic E-state index is 0.612. The number of hydrogen-bond acceptors (Lipinski definition) is 6. The van der Waals surface area contributed by atoms with Crippen LogP contribution in [0.15, 0.2) is 47.9 Å². The van der Waals surface area contributed by atoms with Crippen molar-refractivity contribution in [2.45, 2.75) is 10.5 Å². The van der Waals surface area contributed by atoms with Gasteiger partial charge in [-0.3, -0.25) is 0 Å². The Kier molecular flexibility index (Phi) is 17.3. The maximum atomic E-state index is 3.81. The summed E-state index contributed by atoms with van der Waals surface area (Å²) >= 11 is 7.20. The Labute approximate surface area is 149 Å². The summed E-state index contributed by atoms with van der Waals surface area (Å²) in [7, 11) is 3.91. The molecule has 0 spiro atoms. The molecular formula is C14H22S6. The highest BCUT2D eigenvalue weighted by Gasteiger charge is 2.11. The summed E-state index contributed by atoms with van der Waals surface area (Å²) in [5.74, 6) is 4.49. The maximum absolute atomic E-state index is 3.81. The van der Waals surface area contributed by atoms with E-state index in [9.17, 15) is 0 Å². The first kappa shape index (κ1) is 21.1. The van der Waals surface area contributed by atoms with Crippen molar-refractivity contribution < 1.29 is 0 Å². The number of rotatable bonds is 15. The van der Waals surface area contributed by atoms with E-state index in [1.54, 1.807) is 23.5 Å². The average Bonchev–Trinajstić information content (AvgIpc) is 2.46. The van der Waals surface area contributed by atoms with Crippen LogP contribution >= 0.6 is 68.6 Å². The molecule has 0 radical (unpaired) electrons. The zero-order valence-electron chi connectivity index (χ0n) is 11.6. The van der Waals surface area contributed by atoms with E-state index in [1.165, 1.54) is 0 Å². The van der Waals surface area contributed by atoms with Crippen molar-refractivity contribution in [3.8, 4) is 0 Å². The second kappa shape index (κ2) is 16.4. The van der Waals surface area contributed by atoms with E-state index in [0.717, 1.165) is 23.0 Å². The van der Waals surface area contributed by atoms with E-state index in [0.29, 0.717) is 10.5 Å². The second-order valence-electron chi connectivity index (χ2n) is 3.42. The van der Waals surface area contributed by atoms with Crippen LogP contribution in [-0.2, 0) is 0 Å². The molecule has 0 saturated heterocycles. The van der Waals surface area contributed by atoms with Crippen molar-refractivity contribution >= 4 is 68.6 Å². The highest BCUT2D eigenvalue weighted by Crippen LogP contribution is 2.32. The minimum Gasteiger partial charge on any atom is -0.134 e. The van der Waals surface area contributed by atoms with Crippen LogP contribution in [0.5, 0.6) is 0 Å². The molecule has 0 N–H and O–H groups in total. The Morgan fingerprint density at radius 1 is 0.600 bits per heavy atom. The van der Waals surface area contributed by atoms with Gasteiger partial charge >= 0.3 is 0 Å².